The molecule has 0 fully saturated rings. The van der Waals surface area contributed by atoms with Gasteiger partial charge in [0.25, 0.3) is 5.91 Å². The molecule has 0 aliphatic carbocycles. The van der Waals surface area contributed by atoms with E-state index in [0.717, 1.165) is 4.90 Å². The highest BCUT2D eigenvalue weighted by Crippen LogP contribution is 2.21. The third-order valence-corrected chi connectivity index (χ3v) is 3.35. The molecule has 0 unspecified atom stereocenters. The van der Waals surface area contributed by atoms with Crippen molar-refractivity contribution in [2.75, 3.05) is 11.6 Å². The van der Waals surface area contributed by atoms with Crippen LogP contribution in [0.25, 0.3) is 0 Å². The van der Waals surface area contributed by atoms with E-state index < -0.39 is 0 Å². The lowest BCUT2D eigenvalue weighted by Crippen LogP contribution is -2.13. The Bertz CT molecular complexity index is 574. The van der Waals surface area contributed by atoms with Gasteiger partial charge in [0.2, 0.25) is 0 Å². The average molecular weight is 279 g/mol. The minimum Gasteiger partial charge on any atom is -0.306 e. The van der Waals surface area contributed by atoms with Crippen molar-refractivity contribution in [3.8, 4) is 0 Å². The molecule has 0 saturated heterocycles. The Balaban J connectivity index is 2.22. The molecule has 0 aliphatic heterocycles. The molecular formula is C13H11ClN2OS. The molecule has 5 heteroatoms. The number of carbonyl (C=O) groups is 1. The molecule has 1 N–H and O–H groups in total. The van der Waals surface area contributed by atoms with Crippen LogP contribution in [0.1, 0.15) is 10.4 Å². The molecule has 1 aromatic heterocycles. The van der Waals surface area contributed by atoms with E-state index in [1.165, 1.54) is 11.8 Å². The van der Waals surface area contributed by atoms with Gasteiger partial charge in [-0.1, -0.05) is 23.7 Å². The van der Waals surface area contributed by atoms with Crippen LogP contribution in [0.3, 0.4) is 0 Å². The zero-order valence-corrected chi connectivity index (χ0v) is 11.3. The molecular weight excluding hydrogens is 268 g/mol. The number of benzene rings is 1. The van der Waals surface area contributed by atoms with Gasteiger partial charge in [-0.2, -0.15) is 0 Å². The summed E-state index contributed by atoms with van der Waals surface area (Å²) in [6, 6.07) is 10.7. The molecule has 18 heavy (non-hydrogen) atoms. The highest BCUT2D eigenvalue weighted by atomic mass is 35.5. The largest absolute Gasteiger partial charge is 0.306 e. The molecule has 2 rings (SSSR count). The number of hydrogen-bond acceptors (Lipinski definition) is 3. The lowest BCUT2D eigenvalue weighted by Gasteiger charge is -2.07. The van der Waals surface area contributed by atoms with Gasteiger partial charge in [0.05, 0.1) is 5.56 Å². The fourth-order valence-corrected chi connectivity index (χ4v) is 2.24. The smallest absolute Gasteiger partial charge is 0.257 e. The average Bonchev–Trinajstić information content (AvgIpc) is 2.38. The minimum atomic E-state index is -0.185. The van der Waals surface area contributed by atoms with Gasteiger partial charge < -0.3 is 5.32 Å². The second-order valence-electron chi connectivity index (χ2n) is 3.51. The molecule has 0 atom stereocenters. The molecule has 0 aliphatic rings. The SMILES string of the molecule is CSc1ccccc1C(=O)Nc1cc(Cl)ccn1. The predicted molar refractivity (Wildman–Crippen MR) is 75.4 cm³/mol. The van der Waals surface area contributed by atoms with Gasteiger partial charge in [-0.15, -0.1) is 11.8 Å². The summed E-state index contributed by atoms with van der Waals surface area (Å²) in [6.45, 7) is 0. The van der Waals surface area contributed by atoms with Crippen molar-refractivity contribution in [2.45, 2.75) is 4.90 Å². The summed E-state index contributed by atoms with van der Waals surface area (Å²) in [5.41, 5.74) is 0.631. The topological polar surface area (TPSA) is 42.0 Å². The van der Waals surface area contributed by atoms with E-state index in [9.17, 15) is 4.79 Å². The zero-order valence-electron chi connectivity index (χ0n) is 9.68. The fourth-order valence-electron chi connectivity index (χ4n) is 1.49. The van der Waals surface area contributed by atoms with Crippen molar-refractivity contribution in [2.24, 2.45) is 0 Å². The molecule has 0 saturated carbocycles. The Morgan fingerprint density at radius 2 is 2.11 bits per heavy atom. The number of pyridine rings is 1. The predicted octanol–water partition coefficient (Wildman–Crippen LogP) is 3.71. The highest BCUT2D eigenvalue weighted by molar-refractivity contribution is 7.98. The van der Waals surface area contributed by atoms with E-state index in [-0.39, 0.29) is 5.91 Å². The summed E-state index contributed by atoms with van der Waals surface area (Å²) in [5, 5.41) is 3.27. The number of nitrogens with zero attached hydrogens (tertiary/aromatic N) is 1. The van der Waals surface area contributed by atoms with Crippen molar-refractivity contribution in [3.63, 3.8) is 0 Å². The van der Waals surface area contributed by atoms with Crippen LogP contribution in [0, 0.1) is 0 Å². The van der Waals surface area contributed by atoms with Crippen molar-refractivity contribution in [1.29, 1.82) is 0 Å². The number of rotatable bonds is 3. The Kier molecular flexibility index (Phi) is 4.23. The maximum atomic E-state index is 12.1. The molecule has 0 spiro atoms. The van der Waals surface area contributed by atoms with Crippen LogP contribution in [-0.4, -0.2) is 17.1 Å². The maximum absolute atomic E-state index is 12.1. The number of halogens is 1. The minimum absolute atomic E-state index is 0.185. The number of amides is 1. The second-order valence-corrected chi connectivity index (χ2v) is 4.80. The summed E-state index contributed by atoms with van der Waals surface area (Å²) in [6.07, 6.45) is 3.49. The lowest BCUT2D eigenvalue weighted by atomic mass is 10.2. The monoisotopic (exact) mass is 278 g/mol. The van der Waals surface area contributed by atoms with Gasteiger partial charge in [-0.25, -0.2) is 4.98 Å². The third kappa shape index (κ3) is 3.03. The van der Waals surface area contributed by atoms with Crippen LogP contribution in [0.15, 0.2) is 47.5 Å². The summed E-state index contributed by atoms with van der Waals surface area (Å²) < 4.78 is 0. The molecule has 0 radical (unpaired) electrons. The molecule has 1 aromatic carbocycles. The van der Waals surface area contributed by atoms with Crippen molar-refractivity contribution < 1.29 is 4.79 Å². The van der Waals surface area contributed by atoms with Gasteiger partial charge in [0.1, 0.15) is 5.82 Å². The number of carbonyl (C=O) groups excluding carboxylic acids is 1. The van der Waals surface area contributed by atoms with Crippen LogP contribution in [0.4, 0.5) is 5.82 Å². The number of thioether (sulfide) groups is 1. The van der Waals surface area contributed by atoms with Crippen molar-refractivity contribution in [1.82, 2.24) is 4.98 Å². The lowest BCUT2D eigenvalue weighted by molar-refractivity contribution is 0.102. The number of hydrogen-bond donors (Lipinski definition) is 1. The van der Waals surface area contributed by atoms with E-state index in [2.05, 4.69) is 10.3 Å². The van der Waals surface area contributed by atoms with Gasteiger partial charge in [-0.3, -0.25) is 4.79 Å². The molecule has 92 valence electrons. The van der Waals surface area contributed by atoms with Crippen LogP contribution >= 0.6 is 23.4 Å². The van der Waals surface area contributed by atoms with Gasteiger partial charge >= 0.3 is 0 Å². The van der Waals surface area contributed by atoms with Gasteiger partial charge in [0.15, 0.2) is 0 Å². The van der Waals surface area contributed by atoms with Crippen LogP contribution in [-0.2, 0) is 0 Å². The second kappa shape index (κ2) is 5.89. The van der Waals surface area contributed by atoms with Gasteiger partial charge in [0, 0.05) is 16.1 Å². The zero-order chi connectivity index (χ0) is 13.0. The first-order valence-corrected chi connectivity index (χ1v) is 6.87. The summed E-state index contributed by atoms with van der Waals surface area (Å²) >= 11 is 7.37. The Morgan fingerprint density at radius 3 is 2.83 bits per heavy atom. The Morgan fingerprint density at radius 1 is 1.33 bits per heavy atom. The number of aromatic nitrogens is 1. The molecule has 1 heterocycles. The first-order valence-electron chi connectivity index (χ1n) is 5.26. The van der Waals surface area contributed by atoms with E-state index in [1.54, 1.807) is 24.4 Å². The molecule has 0 bridgehead atoms. The number of nitrogens with one attached hydrogen (secondary N) is 1. The van der Waals surface area contributed by atoms with Crippen molar-refractivity contribution >= 4 is 35.1 Å². The van der Waals surface area contributed by atoms with Crippen LogP contribution in [0.5, 0.6) is 0 Å². The van der Waals surface area contributed by atoms with Crippen LogP contribution in [0.2, 0.25) is 5.02 Å². The standard InChI is InChI=1S/C13H11ClN2OS/c1-18-11-5-3-2-4-10(11)13(17)16-12-8-9(14)6-7-15-12/h2-8H,1H3,(H,15,16,17). The third-order valence-electron chi connectivity index (χ3n) is 2.32. The van der Waals surface area contributed by atoms with Crippen molar-refractivity contribution in [3.05, 3.63) is 53.2 Å². The summed E-state index contributed by atoms with van der Waals surface area (Å²) in [5.74, 6) is 0.262. The van der Waals surface area contributed by atoms with E-state index in [1.807, 2.05) is 24.5 Å². The van der Waals surface area contributed by atoms with Crippen LogP contribution < -0.4 is 5.32 Å². The molecule has 1 amide bonds. The van der Waals surface area contributed by atoms with E-state index in [0.29, 0.717) is 16.4 Å². The van der Waals surface area contributed by atoms with E-state index in [4.69, 9.17) is 11.6 Å². The summed E-state index contributed by atoms with van der Waals surface area (Å²) in [7, 11) is 0. The van der Waals surface area contributed by atoms with E-state index >= 15 is 0 Å². The Hall–Kier alpha value is -1.52. The normalized spacial score (nSPS) is 10.1. The quantitative estimate of drug-likeness (QED) is 0.870. The number of anilines is 1. The highest BCUT2D eigenvalue weighted by Gasteiger charge is 2.10. The molecule has 2 aromatic rings. The molecule has 3 nitrogen and oxygen atoms in total. The summed E-state index contributed by atoms with van der Waals surface area (Å²) in [4.78, 5) is 17.1. The maximum Gasteiger partial charge on any atom is 0.257 e. The first-order chi connectivity index (χ1) is 8.70. The van der Waals surface area contributed by atoms with Gasteiger partial charge in [-0.05, 0) is 30.5 Å². The fraction of sp³-hybridized carbons (Fsp3) is 0.0769. The Labute approximate surface area is 115 Å². The first kappa shape index (κ1) is 12.9.